The van der Waals surface area contributed by atoms with Gasteiger partial charge in [-0.2, -0.15) is 0 Å². The van der Waals surface area contributed by atoms with Crippen molar-refractivity contribution in [3.05, 3.63) is 0 Å². The number of piperidine rings is 1. The lowest BCUT2D eigenvalue weighted by Gasteiger charge is -2.31. The molecule has 0 aromatic heterocycles. The van der Waals surface area contributed by atoms with Crippen LogP contribution in [0.25, 0.3) is 0 Å². The van der Waals surface area contributed by atoms with Crippen LogP contribution in [0.3, 0.4) is 0 Å². The van der Waals surface area contributed by atoms with E-state index in [1.807, 2.05) is 13.8 Å². The van der Waals surface area contributed by atoms with Gasteiger partial charge in [0.2, 0.25) is 0 Å². The lowest BCUT2D eigenvalue weighted by molar-refractivity contribution is -0.142. The van der Waals surface area contributed by atoms with E-state index in [1.54, 1.807) is 0 Å². The second kappa shape index (κ2) is 8.01. The molecule has 0 aromatic carbocycles. The molecule has 1 saturated heterocycles. The Balaban J connectivity index is 2.19. The van der Waals surface area contributed by atoms with Crippen LogP contribution < -0.4 is 0 Å². The van der Waals surface area contributed by atoms with Crippen LogP contribution in [0, 0.1) is 0 Å². The van der Waals surface area contributed by atoms with Crippen molar-refractivity contribution in [3.63, 3.8) is 0 Å². The third-order valence-corrected chi connectivity index (χ3v) is 2.87. The van der Waals surface area contributed by atoms with Gasteiger partial charge in [-0.3, -0.25) is 0 Å². The molecule has 0 aromatic rings. The number of aliphatic hydroxyl groups excluding tert-OH is 1. The summed E-state index contributed by atoms with van der Waals surface area (Å²) in [4.78, 5) is 2.29. The number of aliphatic hydroxyl groups is 1. The van der Waals surface area contributed by atoms with Crippen molar-refractivity contribution in [2.45, 2.75) is 45.5 Å². The molecule has 1 rings (SSSR count). The van der Waals surface area contributed by atoms with Crippen molar-refractivity contribution in [2.24, 2.45) is 0 Å². The predicted molar refractivity (Wildman–Crippen MR) is 63.3 cm³/mol. The molecule has 0 bridgehead atoms. The Hall–Kier alpha value is -0.160. The van der Waals surface area contributed by atoms with E-state index < -0.39 is 0 Å². The molecule has 0 amide bonds. The monoisotopic (exact) mass is 231 g/mol. The fourth-order valence-corrected chi connectivity index (χ4v) is 2.11. The topological polar surface area (TPSA) is 41.9 Å². The molecule has 0 saturated carbocycles. The van der Waals surface area contributed by atoms with Gasteiger partial charge in [0.15, 0.2) is 6.29 Å². The molecule has 1 N–H and O–H groups in total. The second-order valence-corrected chi connectivity index (χ2v) is 4.23. The number of β-amino-alcohol motifs (C(OH)–C–C–N with tert-alkyl or cyclic N) is 1. The number of ether oxygens (including phenoxy) is 2. The first-order valence-electron chi connectivity index (χ1n) is 6.39. The second-order valence-electron chi connectivity index (χ2n) is 4.23. The van der Waals surface area contributed by atoms with Gasteiger partial charge in [-0.1, -0.05) is 0 Å². The van der Waals surface area contributed by atoms with Gasteiger partial charge in [-0.25, -0.2) is 0 Å². The molecule has 0 unspecified atom stereocenters. The smallest absolute Gasteiger partial charge is 0.158 e. The molecule has 1 atom stereocenters. The van der Waals surface area contributed by atoms with Crippen LogP contribution in [0.2, 0.25) is 0 Å². The van der Waals surface area contributed by atoms with Crippen LogP contribution in [0.5, 0.6) is 0 Å². The van der Waals surface area contributed by atoms with Crippen molar-refractivity contribution in [3.8, 4) is 0 Å². The number of rotatable bonds is 7. The van der Waals surface area contributed by atoms with Gasteiger partial charge in [0, 0.05) is 32.7 Å². The average molecular weight is 231 g/mol. The molecule has 0 radical (unpaired) electrons. The number of likely N-dealkylation sites (tertiary alicyclic amines) is 1. The summed E-state index contributed by atoms with van der Waals surface area (Å²) in [6.45, 7) is 8.17. The molecule has 1 heterocycles. The highest BCUT2D eigenvalue weighted by molar-refractivity contribution is 4.71. The molecule has 4 heteroatoms. The lowest BCUT2D eigenvalue weighted by atomic mass is 10.1. The number of hydrogen-bond acceptors (Lipinski definition) is 4. The van der Waals surface area contributed by atoms with Gasteiger partial charge in [0.1, 0.15) is 0 Å². The summed E-state index contributed by atoms with van der Waals surface area (Å²) in [6.07, 6.45) is 2.68. The maximum atomic E-state index is 9.55. The summed E-state index contributed by atoms with van der Waals surface area (Å²) in [5, 5.41) is 9.55. The minimum absolute atomic E-state index is 0.0888. The van der Waals surface area contributed by atoms with Crippen molar-refractivity contribution in [1.82, 2.24) is 4.90 Å². The fraction of sp³-hybridized carbons (Fsp3) is 1.00. The van der Waals surface area contributed by atoms with Crippen LogP contribution >= 0.6 is 0 Å². The standard InChI is InChI=1S/C12H25NO3/c1-3-15-12(16-4-2)7-9-13-8-5-6-11(14)10-13/h11-12,14H,3-10H2,1-2H3/t11-/m0/s1. The molecule has 1 aliphatic rings. The summed E-state index contributed by atoms with van der Waals surface area (Å²) in [5.41, 5.74) is 0. The van der Waals surface area contributed by atoms with Gasteiger partial charge >= 0.3 is 0 Å². The third kappa shape index (κ3) is 5.25. The van der Waals surface area contributed by atoms with E-state index in [4.69, 9.17) is 9.47 Å². The van der Waals surface area contributed by atoms with Gasteiger partial charge in [-0.05, 0) is 33.2 Å². The van der Waals surface area contributed by atoms with Gasteiger partial charge in [0.05, 0.1) is 6.10 Å². The summed E-state index contributed by atoms with van der Waals surface area (Å²) in [5.74, 6) is 0. The Bertz CT molecular complexity index is 167. The third-order valence-electron chi connectivity index (χ3n) is 2.87. The molecule has 1 aliphatic heterocycles. The van der Waals surface area contributed by atoms with Crippen LogP contribution in [0.1, 0.15) is 33.1 Å². The molecule has 16 heavy (non-hydrogen) atoms. The average Bonchev–Trinajstić information content (AvgIpc) is 2.27. The first kappa shape index (κ1) is 13.9. The Morgan fingerprint density at radius 1 is 1.31 bits per heavy atom. The molecular formula is C12H25NO3. The largest absolute Gasteiger partial charge is 0.392 e. The zero-order valence-corrected chi connectivity index (χ0v) is 10.5. The van der Waals surface area contributed by atoms with Crippen LogP contribution in [0.4, 0.5) is 0 Å². The highest BCUT2D eigenvalue weighted by Gasteiger charge is 2.18. The van der Waals surface area contributed by atoms with E-state index in [2.05, 4.69) is 4.90 Å². The molecule has 4 nitrogen and oxygen atoms in total. The zero-order chi connectivity index (χ0) is 11.8. The molecule has 0 aliphatic carbocycles. The van der Waals surface area contributed by atoms with E-state index in [1.165, 1.54) is 0 Å². The minimum atomic E-state index is -0.147. The first-order valence-corrected chi connectivity index (χ1v) is 6.39. The molecular weight excluding hydrogens is 206 g/mol. The van der Waals surface area contributed by atoms with Crippen molar-refractivity contribution in [1.29, 1.82) is 0 Å². The van der Waals surface area contributed by atoms with E-state index in [0.717, 1.165) is 38.9 Å². The first-order chi connectivity index (χ1) is 7.76. The number of hydrogen-bond donors (Lipinski definition) is 1. The van der Waals surface area contributed by atoms with Gasteiger partial charge in [-0.15, -0.1) is 0 Å². The molecule has 96 valence electrons. The normalized spacial score (nSPS) is 22.9. The molecule has 1 fully saturated rings. The quantitative estimate of drug-likeness (QED) is 0.669. The highest BCUT2D eigenvalue weighted by Crippen LogP contribution is 2.11. The Morgan fingerprint density at radius 2 is 2.00 bits per heavy atom. The highest BCUT2D eigenvalue weighted by atomic mass is 16.7. The van der Waals surface area contributed by atoms with Crippen molar-refractivity contribution >= 4 is 0 Å². The van der Waals surface area contributed by atoms with Crippen LogP contribution in [-0.4, -0.2) is 55.2 Å². The summed E-state index contributed by atoms with van der Waals surface area (Å²) in [7, 11) is 0. The van der Waals surface area contributed by atoms with E-state index in [-0.39, 0.29) is 12.4 Å². The number of nitrogens with zero attached hydrogens (tertiary/aromatic N) is 1. The Labute approximate surface area is 98.5 Å². The maximum absolute atomic E-state index is 9.55. The van der Waals surface area contributed by atoms with Crippen molar-refractivity contribution < 1.29 is 14.6 Å². The van der Waals surface area contributed by atoms with E-state index in [0.29, 0.717) is 13.2 Å². The van der Waals surface area contributed by atoms with E-state index >= 15 is 0 Å². The van der Waals surface area contributed by atoms with Gasteiger partial charge < -0.3 is 19.5 Å². The van der Waals surface area contributed by atoms with Crippen LogP contribution in [-0.2, 0) is 9.47 Å². The van der Waals surface area contributed by atoms with E-state index in [9.17, 15) is 5.11 Å². The summed E-state index contributed by atoms with van der Waals surface area (Å²) in [6, 6.07) is 0. The lowest BCUT2D eigenvalue weighted by Crippen LogP contribution is -2.40. The minimum Gasteiger partial charge on any atom is -0.392 e. The SMILES string of the molecule is CCOC(CCN1CCC[C@H](O)C1)OCC. The Morgan fingerprint density at radius 3 is 2.56 bits per heavy atom. The zero-order valence-electron chi connectivity index (χ0n) is 10.5. The predicted octanol–water partition coefficient (Wildman–Crippen LogP) is 1.23. The summed E-state index contributed by atoms with van der Waals surface area (Å²) < 4.78 is 11.0. The summed E-state index contributed by atoms with van der Waals surface area (Å²) >= 11 is 0. The van der Waals surface area contributed by atoms with Crippen LogP contribution in [0.15, 0.2) is 0 Å². The Kier molecular flexibility index (Phi) is 6.96. The molecule has 0 spiro atoms. The maximum Gasteiger partial charge on any atom is 0.158 e. The van der Waals surface area contributed by atoms with Crippen molar-refractivity contribution in [2.75, 3.05) is 32.8 Å². The fourth-order valence-electron chi connectivity index (χ4n) is 2.11. The van der Waals surface area contributed by atoms with Gasteiger partial charge in [0.25, 0.3) is 0 Å².